The van der Waals surface area contributed by atoms with Crippen LogP contribution in [-0.2, 0) is 0 Å². The normalized spacial score (nSPS) is 23.8. The molecule has 2 unspecified atom stereocenters. The molecule has 108 valence electrons. The first kappa shape index (κ1) is 15.9. The maximum absolute atomic E-state index is 6.20. The minimum atomic E-state index is 0.346. The molecule has 1 heterocycles. The first-order valence-electron chi connectivity index (χ1n) is 7.39. The molecule has 0 amide bonds. The highest BCUT2D eigenvalue weighted by molar-refractivity contribution is 4.77. The lowest BCUT2D eigenvalue weighted by Gasteiger charge is -2.26. The minimum absolute atomic E-state index is 0.346. The molecule has 0 bridgehead atoms. The van der Waals surface area contributed by atoms with Gasteiger partial charge >= 0.3 is 0 Å². The summed E-state index contributed by atoms with van der Waals surface area (Å²) in [4.78, 5) is 4.90. The molecule has 0 aliphatic carbocycles. The second kappa shape index (κ2) is 6.88. The van der Waals surface area contributed by atoms with Gasteiger partial charge in [-0.3, -0.25) is 0 Å². The third-order valence-electron chi connectivity index (χ3n) is 3.81. The molecule has 1 aliphatic rings. The molecule has 18 heavy (non-hydrogen) atoms. The van der Waals surface area contributed by atoms with E-state index < -0.39 is 0 Å². The van der Waals surface area contributed by atoms with E-state index in [1.54, 1.807) is 0 Å². The fourth-order valence-electron chi connectivity index (χ4n) is 2.98. The molecule has 0 aromatic rings. The van der Waals surface area contributed by atoms with Crippen LogP contribution >= 0.6 is 0 Å². The van der Waals surface area contributed by atoms with Crippen LogP contribution in [0.2, 0.25) is 0 Å². The first-order chi connectivity index (χ1) is 8.26. The van der Waals surface area contributed by atoms with E-state index in [0.717, 1.165) is 25.3 Å². The van der Waals surface area contributed by atoms with Gasteiger partial charge in [-0.1, -0.05) is 20.8 Å². The van der Waals surface area contributed by atoms with Gasteiger partial charge in [-0.15, -0.1) is 0 Å². The van der Waals surface area contributed by atoms with Crippen LogP contribution in [0, 0.1) is 11.3 Å². The van der Waals surface area contributed by atoms with E-state index in [0.29, 0.717) is 11.5 Å². The quantitative estimate of drug-likeness (QED) is 0.788. The lowest BCUT2D eigenvalue weighted by Crippen LogP contribution is -2.33. The number of rotatable bonds is 6. The Hall–Kier alpha value is -0.120. The van der Waals surface area contributed by atoms with Crippen LogP contribution in [0.3, 0.4) is 0 Å². The van der Waals surface area contributed by atoms with Crippen molar-refractivity contribution in [2.45, 2.75) is 46.1 Å². The third-order valence-corrected chi connectivity index (χ3v) is 3.81. The summed E-state index contributed by atoms with van der Waals surface area (Å²) in [7, 11) is 4.46. The van der Waals surface area contributed by atoms with Crippen molar-refractivity contribution < 1.29 is 0 Å². The summed E-state index contributed by atoms with van der Waals surface area (Å²) in [5, 5.41) is 0. The Kier molecular flexibility index (Phi) is 6.09. The molecule has 1 rings (SSSR count). The smallest absolute Gasteiger partial charge is 0.00559 e. The monoisotopic (exact) mass is 255 g/mol. The van der Waals surface area contributed by atoms with Crippen molar-refractivity contribution in [3.05, 3.63) is 0 Å². The molecule has 0 aromatic heterocycles. The van der Waals surface area contributed by atoms with Crippen molar-refractivity contribution in [2.75, 3.05) is 40.3 Å². The summed E-state index contributed by atoms with van der Waals surface area (Å²) < 4.78 is 0. The van der Waals surface area contributed by atoms with Crippen LogP contribution in [-0.4, -0.2) is 56.1 Å². The molecule has 2 atom stereocenters. The second-order valence-corrected chi connectivity index (χ2v) is 7.49. The minimum Gasteiger partial charge on any atom is -0.328 e. The highest BCUT2D eigenvalue weighted by atomic mass is 15.1. The van der Waals surface area contributed by atoms with Crippen LogP contribution in [0.1, 0.15) is 40.0 Å². The molecule has 1 aliphatic heterocycles. The average molecular weight is 255 g/mol. The van der Waals surface area contributed by atoms with Gasteiger partial charge in [-0.05, 0) is 57.8 Å². The van der Waals surface area contributed by atoms with Gasteiger partial charge in [0.2, 0.25) is 0 Å². The lowest BCUT2D eigenvalue weighted by atomic mass is 9.87. The molecule has 0 spiro atoms. The highest BCUT2D eigenvalue weighted by Gasteiger charge is 2.21. The zero-order chi connectivity index (χ0) is 13.8. The first-order valence-corrected chi connectivity index (χ1v) is 7.39. The van der Waals surface area contributed by atoms with E-state index >= 15 is 0 Å². The number of hydrogen-bond donors (Lipinski definition) is 1. The Labute approximate surface area is 114 Å². The van der Waals surface area contributed by atoms with Crippen LogP contribution in [0.4, 0.5) is 0 Å². The molecule has 0 radical (unpaired) electrons. The van der Waals surface area contributed by atoms with Crippen LogP contribution < -0.4 is 5.73 Å². The van der Waals surface area contributed by atoms with Crippen molar-refractivity contribution in [1.82, 2.24) is 9.80 Å². The fourth-order valence-corrected chi connectivity index (χ4v) is 2.98. The van der Waals surface area contributed by atoms with E-state index in [1.165, 1.54) is 26.1 Å². The van der Waals surface area contributed by atoms with E-state index in [2.05, 4.69) is 44.7 Å². The third kappa shape index (κ3) is 6.72. The van der Waals surface area contributed by atoms with E-state index in [4.69, 9.17) is 5.73 Å². The maximum atomic E-state index is 6.20. The van der Waals surface area contributed by atoms with Crippen LogP contribution in [0.15, 0.2) is 0 Å². The summed E-state index contributed by atoms with van der Waals surface area (Å²) in [6, 6.07) is 0.346. The van der Waals surface area contributed by atoms with Gasteiger partial charge in [0.25, 0.3) is 0 Å². The van der Waals surface area contributed by atoms with Crippen LogP contribution in [0.25, 0.3) is 0 Å². The topological polar surface area (TPSA) is 32.5 Å². The van der Waals surface area contributed by atoms with Gasteiger partial charge in [-0.2, -0.15) is 0 Å². The Morgan fingerprint density at radius 1 is 1.39 bits per heavy atom. The Bertz CT molecular complexity index is 234. The van der Waals surface area contributed by atoms with Crippen molar-refractivity contribution >= 4 is 0 Å². The van der Waals surface area contributed by atoms with Gasteiger partial charge in [-0.25, -0.2) is 0 Å². The maximum Gasteiger partial charge on any atom is 0.00559 e. The lowest BCUT2D eigenvalue weighted by molar-refractivity contribution is 0.250. The van der Waals surface area contributed by atoms with Crippen molar-refractivity contribution in [3.63, 3.8) is 0 Å². The van der Waals surface area contributed by atoms with Gasteiger partial charge in [0.15, 0.2) is 0 Å². The van der Waals surface area contributed by atoms with E-state index in [9.17, 15) is 0 Å². The van der Waals surface area contributed by atoms with Crippen LogP contribution in [0.5, 0.6) is 0 Å². The second-order valence-electron chi connectivity index (χ2n) is 7.49. The molecule has 1 saturated heterocycles. The fraction of sp³-hybridized carbons (Fsp3) is 1.00. The Morgan fingerprint density at radius 2 is 2.06 bits per heavy atom. The predicted octanol–water partition coefficient (Wildman–Crippen LogP) is 2.02. The van der Waals surface area contributed by atoms with E-state index in [-0.39, 0.29) is 0 Å². The van der Waals surface area contributed by atoms with E-state index in [1.807, 2.05) is 0 Å². The number of nitrogens with two attached hydrogens (primary N) is 1. The summed E-state index contributed by atoms with van der Waals surface area (Å²) in [5.74, 6) is 0.860. The largest absolute Gasteiger partial charge is 0.328 e. The molecular formula is C15H33N3. The summed E-state index contributed by atoms with van der Waals surface area (Å²) >= 11 is 0. The van der Waals surface area contributed by atoms with Gasteiger partial charge in [0, 0.05) is 19.1 Å². The van der Waals surface area contributed by atoms with Gasteiger partial charge in [0.1, 0.15) is 0 Å². The van der Waals surface area contributed by atoms with Gasteiger partial charge in [0.05, 0.1) is 0 Å². The summed E-state index contributed by atoms with van der Waals surface area (Å²) in [6.45, 7) is 11.7. The molecule has 0 aromatic carbocycles. The molecule has 0 saturated carbocycles. The standard InChI is InChI=1S/C15H33N3/c1-15(2,3)10-14(16)7-9-18(5)12-13-6-8-17(4)11-13/h13-14H,6-12,16H2,1-5H3. The molecule has 1 fully saturated rings. The van der Waals surface area contributed by atoms with Gasteiger partial charge < -0.3 is 15.5 Å². The zero-order valence-corrected chi connectivity index (χ0v) is 13.1. The molecule has 3 nitrogen and oxygen atoms in total. The van der Waals surface area contributed by atoms with Crippen molar-refractivity contribution in [2.24, 2.45) is 17.1 Å². The number of nitrogens with zero attached hydrogens (tertiary/aromatic N) is 2. The Balaban J connectivity index is 2.14. The Morgan fingerprint density at radius 3 is 2.56 bits per heavy atom. The number of likely N-dealkylation sites (tertiary alicyclic amines) is 1. The summed E-state index contributed by atoms with van der Waals surface area (Å²) in [5.41, 5.74) is 6.56. The molecule has 2 N–H and O–H groups in total. The van der Waals surface area contributed by atoms with Crippen molar-refractivity contribution in [3.8, 4) is 0 Å². The summed E-state index contributed by atoms with van der Waals surface area (Å²) in [6.07, 6.45) is 3.60. The predicted molar refractivity (Wildman–Crippen MR) is 79.8 cm³/mol. The van der Waals surface area contributed by atoms with Crippen molar-refractivity contribution in [1.29, 1.82) is 0 Å². The highest BCUT2D eigenvalue weighted by Crippen LogP contribution is 2.21. The number of hydrogen-bond acceptors (Lipinski definition) is 3. The zero-order valence-electron chi connectivity index (χ0n) is 13.1. The molecular weight excluding hydrogens is 222 g/mol. The average Bonchev–Trinajstić information content (AvgIpc) is 2.58. The SMILES string of the molecule is CN(CCC(N)CC(C)(C)C)CC1CCN(C)C1. The molecule has 3 heteroatoms.